The number of allylic oxidation sites excluding steroid dienone is 1. The molecule has 0 bridgehead atoms. The number of oxime groups is 1. The molecule has 0 saturated carbocycles. The number of thioether (sulfide) groups is 1. The number of azide groups is 1. The van der Waals surface area contributed by atoms with E-state index in [1.54, 1.807) is 0 Å². The number of β-lactam (4-membered cyclic amide) rings is 1. The molecule has 0 unspecified atom stereocenters. The summed E-state index contributed by atoms with van der Waals surface area (Å²) in [7, 11) is 1.25. The number of rotatable bonds is 11. The summed E-state index contributed by atoms with van der Waals surface area (Å²) in [4.78, 5) is 64.4. The van der Waals surface area contributed by atoms with Crippen molar-refractivity contribution in [3.63, 3.8) is 0 Å². The van der Waals surface area contributed by atoms with Crippen LogP contribution in [-0.2, 0) is 33.5 Å². The van der Waals surface area contributed by atoms with Crippen LogP contribution in [-0.4, -0.2) is 76.8 Å². The number of fused-ring (bicyclic) bond motifs is 1. The van der Waals surface area contributed by atoms with Crippen LogP contribution in [0.1, 0.15) is 26.5 Å². The lowest BCUT2D eigenvalue weighted by Gasteiger charge is -2.49. The number of amides is 2. The second kappa shape index (κ2) is 13.1. The van der Waals surface area contributed by atoms with Gasteiger partial charge in [0.1, 0.15) is 29.9 Å². The highest BCUT2D eigenvalue weighted by Crippen LogP contribution is 2.41. The number of ether oxygens (including phenoxy) is 2. The highest BCUT2D eigenvalue weighted by Gasteiger charge is 2.54. The van der Waals surface area contributed by atoms with Crippen molar-refractivity contribution >= 4 is 57.7 Å². The first-order chi connectivity index (χ1) is 18.6. The first-order valence-corrected chi connectivity index (χ1v) is 13.4. The summed E-state index contributed by atoms with van der Waals surface area (Å²) >= 11 is 2.34. The normalized spacial score (nSPS) is 19.1. The zero-order valence-electron chi connectivity index (χ0n) is 21.4. The van der Waals surface area contributed by atoms with E-state index in [0.29, 0.717) is 5.57 Å². The minimum absolute atomic E-state index is 0.0604. The predicted octanol–water partition coefficient (Wildman–Crippen LogP) is 1.69. The number of nitrogens with zero attached hydrogens (tertiary/aromatic N) is 6. The topological polar surface area (TPSA) is 211 Å². The zero-order chi connectivity index (χ0) is 28.7. The van der Waals surface area contributed by atoms with E-state index in [1.165, 1.54) is 37.3 Å². The third-order valence-corrected chi connectivity index (χ3v) is 7.24. The van der Waals surface area contributed by atoms with Gasteiger partial charge in [-0.2, -0.15) is 0 Å². The van der Waals surface area contributed by atoms with Crippen LogP contribution in [0, 0.1) is 5.92 Å². The second-order valence-electron chi connectivity index (χ2n) is 8.43. The molecule has 1 fully saturated rings. The Hall–Kier alpha value is -4.08. The molecule has 208 valence electrons. The average molecular weight is 579 g/mol. The Labute approximate surface area is 231 Å². The molecule has 3 N–H and O–H groups in total. The van der Waals surface area contributed by atoms with Crippen LogP contribution in [0.2, 0.25) is 0 Å². The molecule has 0 radical (unpaired) electrons. The van der Waals surface area contributed by atoms with Gasteiger partial charge in [0.15, 0.2) is 10.8 Å². The van der Waals surface area contributed by atoms with Gasteiger partial charge in [0, 0.05) is 16.0 Å². The third-order valence-electron chi connectivity index (χ3n) is 5.23. The van der Waals surface area contributed by atoms with Gasteiger partial charge in [0.25, 0.3) is 11.8 Å². The van der Waals surface area contributed by atoms with E-state index < -0.39 is 35.2 Å². The molecule has 15 nitrogen and oxygen atoms in total. The molecular weight excluding hydrogens is 552 g/mol. The van der Waals surface area contributed by atoms with Crippen LogP contribution in [0.25, 0.3) is 10.4 Å². The summed E-state index contributed by atoms with van der Waals surface area (Å²) in [5.41, 5.74) is 14.6. The Balaban J connectivity index is 1.82. The maximum Gasteiger partial charge on any atom is 0.374 e. The number of hydrogen-bond acceptors (Lipinski definition) is 13. The molecule has 1 aromatic heterocycles. The van der Waals surface area contributed by atoms with Crippen molar-refractivity contribution < 1.29 is 33.5 Å². The van der Waals surface area contributed by atoms with Crippen molar-refractivity contribution in [3.8, 4) is 0 Å². The molecule has 3 heterocycles. The molecule has 3 rings (SSSR count). The highest BCUT2D eigenvalue weighted by atomic mass is 32.2. The number of nitrogens with two attached hydrogens (primary N) is 1. The van der Waals surface area contributed by atoms with Gasteiger partial charge in [-0.05, 0) is 30.0 Å². The molecule has 0 aliphatic carbocycles. The molecule has 2 aliphatic rings. The standard InChI is InChI=1S/C22H26N8O7S2/c1-5-13(20(33)36-7-10(2)3)37-21(34)16-11(6-25-29-24)8-38-19-15(18(32)30(16)19)27-17(31)14(28-35-4)12-9-39-22(23)26-12/h5,9-10,15,19H,6-8H2,1-4H3,(H2,23,26)(H,27,31)/b13-5-,28-14-/t15-,19-/m1/s1. The van der Waals surface area contributed by atoms with Gasteiger partial charge in [-0.15, -0.1) is 23.1 Å². The number of nitrogens with one attached hydrogen (secondary N) is 1. The van der Waals surface area contributed by atoms with Gasteiger partial charge in [-0.3, -0.25) is 14.5 Å². The number of esters is 2. The van der Waals surface area contributed by atoms with Crippen LogP contribution < -0.4 is 11.1 Å². The summed E-state index contributed by atoms with van der Waals surface area (Å²) < 4.78 is 10.4. The zero-order valence-corrected chi connectivity index (χ0v) is 23.1. The van der Waals surface area contributed by atoms with E-state index in [1.807, 2.05) is 13.8 Å². The van der Waals surface area contributed by atoms with E-state index >= 15 is 0 Å². The van der Waals surface area contributed by atoms with Crippen molar-refractivity contribution in [2.45, 2.75) is 32.2 Å². The summed E-state index contributed by atoms with van der Waals surface area (Å²) in [6, 6.07) is -1.03. The minimum atomic E-state index is -1.03. The van der Waals surface area contributed by atoms with Crippen LogP contribution in [0.3, 0.4) is 0 Å². The van der Waals surface area contributed by atoms with Crippen molar-refractivity contribution in [1.82, 2.24) is 15.2 Å². The molecule has 39 heavy (non-hydrogen) atoms. The van der Waals surface area contributed by atoms with Crippen molar-refractivity contribution in [1.29, 1.82) is 0 Å². The highest BCUT2D eigenvalue weighted by molar-refractivity contribution is 8.00. The van der Waals surface area contributed by atoms with Gasteiger partial charge in [0.2, 0.25) is 5.76 Å². The van der Waals surface area contributed by atoms with Crippen molar-refractivity contribution in [2.75, 3.05) is 31.7 Å². The average Bonchev–Trinajstić information content (AvgIpc) is 3.35. The largest absolute Gasteiger partial charge is 0.460 e. The number of nitrogen functional groups attached to an aromatic ring is 1. The van der Waals surface area contributed by atoms with Gasteiger partial charge in [-0.1, -0.05) is 24.1 Å². The molecule has 2 amide bonds. The first kappa shape index (κ1) is 29.5. The third kappa shape index (κ3) is 6.68. The van der Waals surface area contributed by atoms with E-state index in [4.69, 9.17) is 25.6 Å². The molecule has 1 saturated heterocycles. The molecule has 2 aliphatic heterocycles. The Morgan fingerprint density at radius 3 is 2.74 bits per heavy atom. The van der Waals surface area contributed by atoms with Crippen LogP contribution >= 0.6 is 23.1 Å². The fraction of sp³-hybridized carbons (Fsp3) is 0.455. The second-order valence-corrected chi connectivity index (χ2v) is 10.4. The Morgan fingerprint density at radius 1 is 1.41 bits per heavy atom. The lowest BCUT2D eigenvalue weighted by atomic mass is 10.0. The maximum atomic E-state index is 13.2. The van der Waals surface area contributed by atoms with Gasteiger partial charge in [0.05, 0.1) is 13.2 Å². The SMILES string of the molecule is C/C=C(\OC(=O)C1=C(CN=[N+]=[N-])CS[C@@H]2[C@H](NC(=O)/C(=N\OC)c3csc(N)n3)C(=O)N12)C(=O)OCC(C)C. The minimum Gasteiger partial charge on any atom is -0.460 e. The molecule has 0 aromatic carbocycles. The van der Waals surface area contributed by atoms with Gasteiger partial charge >= 0.3 is 11.9 Å². The Morgan fingerprint density at radius 2 is 2.15 bits per heavy atom. The lowest BCUT2D eigenvalue weighted by Crippen LogP contribution is -2.71. The van der Waals surface area contributed by atoms with E-state index in [-0.39, 0.29) is 52.8 Å². The van der Waals surface area contributed by atoms with E-state index in [9.17, 15) is 19.2 Å². The molecule has 1 aromatic rings. The fourth-order valence-electron chi connectivity index (χ4n) is 3.49. The maximum absolute atomic E-state index is 13.2. The Bertz CT molecular complexity index is 1300. The van der Waals surface area contributed by atoms with Crippen molar-refractivity contribution in [3.05, 3.63) is 44.6 Å². The number of thiazole rings is 1. The summed E-state index contributed by atoms with van der Waals surface area (Å²) in [6.45, 7) is 5.10. The van der Waals surface area contributed by atoms with E-state index in [2.05, 4.69) is 25.5 Å². The smallest absolute Gasteiger partial charge is 0.374 e. The van der Waals surface area contributed by atoms with Crippen molar-refractivity contribution in [2.24, 2.45) is 16.2 Å². The summed E-state index contributed by atoms with van der Waals surface area (Å²) in [6.07, 6.45) is 1.27. The summed E-state index contributed by atoms with van der Waals surface area (Å²) in [5, 5.41) is 10.8. The predicted molar refractivity (Wildman–Crippen MR) is 142 cm³/mol. The first-order valence-electron chi connectivity index (χ1n) is 11.5. The number of carbonyl (C=O) groups excluding carboxylic acids is 4. The number of carbonyl (C=O) groups is 4. The van der Waals surface area contributed by atoms with Crippen LogP contribution in [0.5, 0.6) is 0 Å². The molecule has 17 heteroatoms. The van der Waals surface area contributed by atoms with Gasteiger partial charge < -0.3 is 25.4 Å². The number of aromatic nitrogens is 1. The van der Waals surface area contributed by atoms with E-state index in [0.717, 1.165) is 16.2 Å². The Kier molecular flexibility index (Phi) is 9.92. The summed E-state index contributed by atoms with van der Waals surface area (Å²) in [5.74, 6) is -3.31. The lowest BCUT2D eigenvalue weighted by molar-refractivity contribution is -0.154. The fourth-order valence-corrected chi connectivity index (χ4v) is 5.38. The molecular formula is C22H26N8O7S2. The molecule has 2 atom stereocenters. The number of hydrogen-bond donors (Lipinski definition) is 2. The number of anilines is 1. The molecule has 0 spiro atoms. The van der Waals surface area contributed by atoms with Gasteiger partial charge in [-0.25, -0.2) is 14.6 Å². The monoisotopic (exact) mass is 578 g/mol. The van der Waals surface area contributed by atoms with Crippen LogP contribution in [0.15, 0.2) is 38.8 Å². The quantitative estimate of drug-likeness (QED) is 0.0446. The van der Waals surface area contributed by atoms with Crippen LogP contribution in [0.4, 0.5) is 5.13 Å².